The third-order valence-corrected chi connectivity index (χ3v) is 4.48. The van der Waals surface area contributed by atoms with Crippen molar-refractivity contribution in [3.63, 3.8) is 0 Å². The highest BCUT2D eigenvalue weighted by Gasteiger charge is 2.39. The molecule has 0 aromatic heterocycles. The number of carbonyl (C=O) groups is 6. The Hall–Kier alpha value is -4.26. The van der Waals surface area contributed by atoms with Gasteiger partial charge >= 0.3 is 23.9 Å². The monoisotopic (exact) mass is 526 g/mol. The minimum absolute atomic E-state index is 0.130. The first kappa shape index (κ1) is 32.7. The molecule has 0 N–H and O–H groups in total. The van der Waals surface area contributed by atoms with E-state index in [1.165, 1.54) is 0 Å². The zero-order chi connectivity index (χ0) is 28.2. The van der Waals surface area contributed by atoms with Crippen LogP contribution in [0.5, 0.6) is 0 Å². The van der Waals surface area contributed by atoms with Gasteiger partial charge in [-0.1, -0.05) is 26.3 Å². The first-order valence-electron chi connectivity index (χ1n) is 10.5. The SMILES string of the molecule is C=CC(=O)OCC(COC=O)(COCC(COC=O)(COC(=O)C=C)COC(=O)C=C)COC(=O)C=C. The van der Waals surface area contributed by atoms with E-state index in [9.17, 15) is 28.8 Å². The van der Waals surface area contributed by atoms with Crippen LogP contribution >= 0.6 is 0 Å². The van der Waals surface area contributed by atoms with Gasteiger partial charge in [-0.2, -0.15) is 0 Å². The van der Waals surface area contributed by atoms with E-state index in [1.54, 1.807) is 0 Å². The van der Waals surface area contributed by atoms with Gasteiger partial charge in [0.1, 0.15) is 39.6 Å². The predicted octanol–water partition coefficient (Wildman–Crippen LogP) is 0.239. The maximum Gasteiger partial charge on any atom is 0.330 e. The Balaban J connectivity index is 5.96. The number of rotatable bonds is 22. The van der Waals surface area contributed by atoms with Crippen molar-refractivity contribution in [2.45, 2.75) is 0 Å². The molecule has 0 aliphatic heterocycles. The fourth-order valence-electron chi connectivity index (χ4n) is 2.54. The molecule has 0 radical (unpaired) electrons. The summed E-state index contributed by atoms with van der Waals surface area (Å²) in [6, 6.07) is 0. The van der Waals surface area contributed by atoms with Gasteiger partial charge in [0.15, 0.2) is 0 Å². The Morgan fingerprint density at radius 1 is 0.486 bits per heavy atom. The zero-order valence-electron chi connectivity index (χ0n) is 20.3. The molecule has 0 fully saturated rings. The maximum atomic E-state index is 11.7. The molecule has 13 nitrogen and oxygen atoms in total. The number of carbonyl (C=O) groups excluding carboxylic acids is 6. The number of ether oxygens (including phenoxy) is 7. The van der Waals surface area contributed by atoms with E-state index in [1.807, 2.05) is 0 Å². The second-order valence-electron chi connectivity index (χ2n) is 7.55. The molecule has 0 rings (SSSR count). The van der Waals surface area contributed by atoms with Crippen LogP contribution in [0.1, 0.15) is 0 Å². The Morgan fingerprint density at radius 3 is 0.973 bits per heavy atom. The molecule has 0 aliphatic rings. The third kappa shape index (κ3) is 13.4. The van der Waals surface area contributed by atoms with Crippen LogP contribution in [-0.2, 0) is 61.9 Å². The fraction of sp³-hybridized carbons (Fsp3) is 0.417. The van der Waals surface area contributed by atoms with Gasteiger partial charge in [-0.25, -0.2) is 19.2 Å². The molecule has 0 unspecified atom stereocenters. The molecule has 0 saturated heterocycles. The lowest BCUT2D eigenvalue weighted by Crippen LogP contribution is -2.46. The minimum Gasteiger partial charge on any atom is -0.467 e. The molecule has 0 saturated carbocycles. The first-order chi connectivity index (χ1) is 17.6. The molecular weight excluding hydrogens is 496 g/mol. The molecule has 13 heteroatoms. The summed E-state index contributed by atoms with van der Waals surface area (Å²) in [7, 11) is 0. The smallest absolute Gasteiger partial charge is 0.330 e. The van der Waals surface area contributed by atoms with Gasteiger partial charge in [-0.05, 0) is 0 Å². The fourth-order valence-corrected chi connectivity index (χ4v) is 2.54. The quantitative estimate of drug-likeness (QED) is 0.0815. The Bertz CT molecular complexity index is 730. The summed E-state index contributed by atoms with van der Waals surface area (Å²) in [5.74, 6) is -3.25. The van der Waals surface area contributed by atoms with E-state index in [2.05, 4.69) is 26.3 Å². The van der Waals surface area contributed by atoms with Crippen molar-refractivity contribution in [2.75, 3.05) is 52.9 Å². The maximum absolute atomic E-state index is 11.7. The lowest BCUT2D eigenvalue weighted by Gasteiger charge is -2.35. The van der Waals surface area contributed by atoms with E-state index < -0.39 is 74.3 Å². The Labute approximate surface area is 213 Å². The summed E-state index contributed by atoms with van der Waals surface area (Å²) < 4.78 is 35.7. The molecule has 0 bridgehead atoms. The minimum atomic E-state index is -1.41. The second kappa shape index (κ2) is 18.1. The molecule has 0 aromatic carbocycles. The molecule has 0 amide bonds. The predicted molar refractivity (Wildman–Crippen MR) is 124 cm³/mol. The number of hydrogen-bond acceptors (Lipinski definition) is 13. The van der Waals surface area contributed by atoms with Gasteiger partial charge in [0.2, 0.25) is 0 Å². The summed E-state index contributed by atoms with van der Waals surface area (Å²) >= 11 is 0. The van der Waals surface area contributed by atoms with Crippen LogP contribution in [0.15, 0.2) is 50.6 Å². The van der Waals surface area contributed by atoms with Gasteiger partial charge < -0.3 is 33.2 Å². The van der Waals surface area contributed by atoms with Gasteiger partial charge in [0, 0.05) is 24.3 Å². The standard InChI is InChI=1S/C24H30O13/c1-5-19(27)34-13-23(11-32-17-25,14-35-20(28)6-2)9-31-10-24(12-33-18-26,15-36-21(29)7-3)16-37-22(30)8-4/h5-8,17-18H,1-4,9-16H2. The molecular formula is C24H30O13. The highest BCUT2D eigenvalue weighted by molar-refractivity contribution is 5.82. The number of hydrogen-bond donors (Lipinski definition) is 0. The summed E-state index contributed by atoms with van der Waals surface area (Å²) in [4.78, 5) is 68.4. The second-order valence-corrected chi connectivity index (χ2v) is 7.55. The third-order valence-electron chi connectivity index (χ3n) is 4.48. The molecule has 0 aromatic rings. The normalized spacial score (nSPS) is 10.6. The van der Waals surface area contributed by atoms with Crippen LogP contribution in [0.3, 0.4) is 0 Å². The lowest BCUT2D eigenvalue weighted by atomic mass is 9.90. The van der Waals surface area contributed by atoms with E-state index in [0.29, 0.717) is 0 Å². The zero-order valence-corrected chi connectivity index (χ0v) is 20.3. The van der Waals surface area contributed by atoms with Gasteiger partial charge in [0.25, 0.3) is 12.9 Å². The summed E-state index contributed by atoms with van der Waals surface area (Å²) in [6.07, 6.45) is 3.58. The van der Waals surface area contributed by atoms with Crippen LogP contribution in [0, 0.1) is 10.8 Å². The first-order valence-corrected chi connectivity index (χ1v) is 10.5. The Morgan fingerprint density at radius 2 is 0.757 bits per heavy atom. The van der Waals surface area contributed by atoms with Crippen LogP contribution in [0.2, 0.25) is 0 Å². The van der Waals surface area contributed by atoms with Crippen molar-refractivity contribution in [3.8, 4) is 0 Å². The van der Waals surface area contributed by atoms with Crippen molar-refractivity contribution in [1.29, 1.82) is 0 Å². The van der Waals surface area contributed by atoms with Crippen LogP contribution in [0.4, 0.5) is 0 Å². The van der Waals surface area contributed by atoms with E-state index in [4.69, 9.17) is 33.2 Å². The molecule has 0 heterocycles. The largest absolute Gasteiger partial charge is 0.467 e. The number of esters is 4. The average Bonchev–Trinajstić information content (AvgIpc) is 2.92. The average molecular weight is 526 g/mol. The van der Waals surface area contributed by atoms with Crippen LogP contribution in [0.25, 0.3) is 0 Å². The van der Waals surface area contributed by atoms with Crippen molar-refractivity contribution >= 4 is 36.8 Å². The highest BCUT2D eigenvalue weighted by atomic mass is 16.6. The van der Waals surface area contributed by atoms with Crippen LogP contribution < -0.4 is 0 Å². The van der Waals surface area contributed by atoms with Gasteiger partial charge in [-0.15, -0.1) is 0 Å². The lowest BCUT2D eigenvalue weighted by molar-refractivity contribution is -0.167. The van der Waals surface area contributed by atoms with E-state index >= 15 is 0 Å². The Kier molecular flexibility index (Phi) is 16.0. The molecule has 0 spiro atoms. The van der Waals surface area contributed by atoms with Gasteiger partial charge in [-0.3, -0.25) is 9.59 Å². The van der Waals surface area contributed by atoms with Crippen molar-refractivity contribution in [2.24, 2.45) is 10.8 Å². The van der Waals surface area contributed by atoms with Crippen molar-refractivity contribution in [3.05, 3.63) is 50.6 Å². The molecule has 37 heavy (non-hydrogen) atoms. The summed E-state index contributed by atoms with van der Waals surface area (Å²) in [5.41, 5.74) is -2.82. The molecule has 0 atom stereocenters. The van der Waals surface area contributed by atoms with Crippen LogP contribution in [-0.4, -0.2) is 89.7 Å². The van der Waals surface area contributed by atoms with E-state index in [-0.39, 0.29) is 26.2 Å². The van der Waals surface area contributed by atoms with Crippen molar-refractivity contribution < 1.29 is 61.9 Å². The molecule has 204 valence electrons. The summed E-state index contributed by atoms with van der Waals surface area (Å²) in [5, 5.41) is 0. The van der Waals surface area contributed by atoms with E-state index in [0.717, 1.165) is 24.3 Å². The highest BCUT2D eigenvalue weighted by Crippen LogP contribution is 2.25. The van der Waals surface area contributed by atoms with Gasteiger partial charge in [0.05, 0.1) is 24.0 Å². The van der Waals surface area contributed by atoms with Crippen molar-refractivity contribution in [1.82, 2.24) is 0 Å². The summed E-state index contributed by atoms with van der Waals surface area (Å²) in [6.45, 7) is 10.1. The topological polar surface area (TPSA) is 167 Å². The molecule has 0 aliphatic carbocycles.